The number of carbonyl (C=O) groups excluding carboxylic acids is 2. The van der Waals surface area contributed by atoms with E-state index >= 15 is 0 Å². The van der Waals surface area contributed by atoms with Crippen LogP contribution >= 0.6 is 0 Å². The first-order valence-corrected chi connectivity index (χ1v) is 23.8. The molecule has 1 aliphatic carbocycles. The molecule has 0 aromatic heterocycles. The second-order valence-corrected chi connectivity index (χ2v) is 18.0. The van der Waals surface area contributed by atoms with Crippen LogP contribution in [0.3, 0.4) is 0 Å². The number of rotatable bonds is 17. The molecular formula is C52H55O26+. The molecule has 3 aromatic rings. The first-order valence-electron chi connectivity index (χ1n) is 23.8. The quantitative estimate of drug-likeness (QED) is 0.0228. The lowest BCUT2D eigenvalue weighted by Crippen LogP contribution is -2.65. The molecule has 418 valence electrons. The van der Waals surface area contributed by atoms with Crippen molar-refractivity contribution in [3.8, 4) is 62.9 Å². The van der Waals surface area contributed by atoms with E-state index in [0.29, 0.717) is 11.1 Å². The van der Waals surface area contributed by atoms with Crippen LogP contribution in [-0.2, 0) is 33.2 Å². The molecule has 5 aliphatic rings. The van der Waals surface area contributed by atoms with Crippen molar-refractivity contribution >= 4 is 24.1 Å². The Balaban J connectivity index is 1.05. The molecule has 0 bridgehead atoms. The standard InChI is InChI=1S/C52H54O26/c1-69-33-15-23(3-11-29(33)57)5-13-39(60)71-21-37-42(63)44(65)47(68)51(77-37)78-49-45(66)40(61)35(19-53)75-52(49)74-34-18-27-31(72-48(34)24-6-8-25(54)9-7-24)16-26(55)17-32(27)73-50-46(67)43(64)41(62)36(76-50)20-70-38(59)12-4-22-2-10-28(56)30(58)14-22/h2-18,35-37,40-47,49-54,56-58,61-68H,19-21H2,1H3/p+1/t35-,36-,37-,40-,41-,42-,43+,44+,45+,46-,47-,49-,50-,51+,52+/m1/s1. The molecular weight excluding hydrogens is 1040 g/mol. The van der Waals surface area contributed by atoms with Gasteiger partial charge in [-0.1, -0.05) is 12.1 Å². The fourth-order valence-electron chi connectivity index (χ4n) is 8.38. The summed E-state index contributed by atoms with van der Waals surface area (Å²) in [5.41, 5.74) is 0.119. The lowest BCUT2D eigenvalue weighted by atomic mass is 9.97. The predicted octanol–water partition coefficient (Wildman–Crippen LogP) is -1.07. The van der Waals surface area contributed by atoms with Crippen molar-refractivity contribution in [2.45, 2.75) is 92.1 Å². The molecule has 0 radical (unpaired) electrons. The Bertz CT molecular complexity index is 2980. The highest BCUT2D eigenvalue weighted by Crippen LogP contribution is 2.44. The van der Waals surface area contributed by atoms with Crippen LogP contribution < -0.4 is 19.6 Å². The highest BCUT2D eigenvalue weighted by Gasteiger charge is 2.52. The highest BCUT2D eigenvalue weighted by atomic mass is 16.8. The van der Waals surface area contributed by atoms with Crippen LogP contribution in [0.4, 0.5) is 0 Å². The van der Waals surface area contributed by atoms with E-state index in [4.69, 9.17) is 47.0 Å². The number of aliphatic hydroxyl groups is 9. The van der Waals surface area contributed by atoms with E-state index in [-0.39, 0.29) is 57.1 Å². The third-order valence-electron chi connectivity index (χ3n) is 12.7. The fourth-order valence-corrected chi connectivity index (χ4v) is 8.38. The number of esters is 2. The molecule has 26 heteroatoms. The second-order valence-electron chi connectivity index (χ2n) is 18.0. The number of phenolic OH excluding ortho intramolecular Hbond substituents is 4. The molecule has 3 fully saturated rings. The van der Waals surface area contributed by atoms with Crippen LogP contribution in [0.2, 0.25) is 0 Å². The van der Waals surface area contributed by atoms with E-state index in [2.05, 4.69) is 0 Å². The van der Waals surface area contributed by atoms with Gasteiger partial charge in [0.25, 0.3) is 0 Å². The normalized spacial score (nSPS) is 29.3. The van der Waals surface area contributed by atoms with E-state index in [1.807, 2.05) is 0 Å². The summed E-state index contributed by atoms with van der Waals surface area (Å²) in [7, 11) is 1.33. The number of hydrogen-bond donors (Lipinski definition) is 13. The van der Waals surface area contributed by atoms with E-state index in [1.165, 1.54) is 86.0 Å². The number of carbonyl (C=O) groups is 1. The van der Waals surface area contributed by atoms with Gasteiger partial charge in [0.05, 0.1) is 25.4 Å². The Morgan fingerprint density at radius 2 is 1.18 bits per heavy atom. The number of hydrogen-bond acceptors (Lipinski definition) is 25. The summed E-state index contributed by atoms with van der Waals surface area (Å²) in [6.07, 6.45) is -23.5. The molecule has 78 heavy (non-hydrogen) atoms. The third-order valence-corrected chi connectivity index (χ3v) is 12.7. The van der Waals surface area contributed by atoms with Crippen LogP contribution in [0.5, 0.6) is 40.2 Å². The van der Waals surface area contributed by atoms with E-state index in [0.717, 1.165) is 24.3 Å². The highest BCUT2D eigenvalue weighted by molar-refractivity contribution is 5.88. The molecule has 3 saturated heterocycles. The monoisotopic (exact) mass is 1100 g/mol. The summed E-state index contributed by atoms with van der Waals surface area (Å²) >= 11 is 0. The van der Waals surface area contributed by atoms with Gasteiger partial charge in [0, 0.05) is 23.8 Å². The van der Waals surface area contributed by atoms with Gasteiger partial charge in [-0.3, -0.25) is 4.79 Å². The Morgan fingerprint density at radius 3 is 1.85 bits per heavy atom. The summed E-state index contributed by atoms with van der Waals surface area (Å²) in [6.45, 7) is -2.29. The average Bonchev–Trinajstić information content (AvgIpc) is 3.53. The average molecular weight is 1100 g/mol. The Hall–Kier alpha value is -7.41. The van der Waals surface area contributed by atoms with Crippen LogP contribution in [0, 0.1) is 0 Å². The minimum absolute atomic E-state index is 0.113. The van der Waals surface area contributed by atoms with Gasteiger partial charge < -0.3 is 118 Å². The molecule has 4 aliphatic heterocycles. The number of aromatic hydroxyl groups is 4. The SMILES string of the molecule is COc1cc(C=CC(=O)OC[C@H]2O[C@@H](O[C@H]3[C@@H](Oc4cc5c(O[C@@H]6O[C@H](COC(=[OH+])C=Cc7ccc(O)c(O)c7)[C@@H](O)[C@H](O)[C@H]6O)cc(=O)cc-5oc4-c4ccc(O)cc4)O[C@H](CO)[C@@H](O)[C@@H]3O)[C@H](O)[C@@H](O)[C@@H]2O)ccc1O. The second kappa shape index (κ2) is 24.5. The van der Waals surface area contributed by atoms with Crippen molar-refractivity contribution in [3.05, 3.63) is 112 Å². The maximum Gasteiger partial charge on any atom is 0.510 e. The molecule has 15 atom stereocenters. The fraction of sp³-hybridized carbons (Fsp3) is 0.365. The minimum atomic E-state index is -2.09. The first-order chi connectivity index (χ1) is 37.2. The smallest absolute Gasteiger partial charge is 0.508 e. The van der Waals surface area contributed by atoms with Gasteiger partial charge in [-0.2, -0.15) is 0 Å². The number of aliphatic hydroxyl groups excluding tert-OH is 9. The van der Waals surface area contributed by atoms with Crippen LogP contribution in [0.15, 0.2) is 100 Å². The summed E-state index contributed by atoms with van der Waals surface area (Å²) in [5.74, 6) is -3.80. The summed E-state index contributed by atoms with van der Waals surface area (Å²) in [4.78, 5) is 36.4. The van der Waals surface area contributed by atoms with Crippen molar-refractivity contribution in [3.63, 3.8) is 0 Å². The van der Waals surface area contributed by atoms with Crippen LogP contribution in [-0.4, -0.2) is 202 Å². The van der Waals surface area contributed by atoms with Gasteiger partial charge in [-0.15, -0.1) is 0 Å². The maximum atomic E-state index is 13.2. The molecule has 8 rings (SSSR count). The topological polar surface area (TPSA) is 415 Å². The van der Waals surface area contributed by atoms with Gasteiger partial charge in [-0.05, 0) is 77.9 Å². The zero-order valence-electron chi connectivity index (χ0n) is 40.8. The third kappa shape index (κ3) is 12.8. The van der Waals surface area contributed by atoms with Gasteiger partial charge in [0.2, 0.25) is 19.2 Å². The molecule has 14 N–H and O–H groups in total. The molecule has 3 aromatic carbocycles. The minimum Gasteiger partial charge on any atom is -0.508 e. The molecule has 0 unspecified atom stereocenters. The van der Waals surface area contributed by atoms with E-state index in [9.17, 15) is 80.8 Å². The van der Waals surface area contributed by atoms with Gasteiger partial charge in [0.15, 0.2) is 58.4 Å². The molecule has 0 saturated carbocycles. The number of benzene rings is 4. The first kappa shape index (κ1) is 56.8. The van der Waals surface area contributed by atoms with Crippen molar-refractivity contribution < 1.29 is 123 Å². The zero-order valence-corrected chi connectivity index (χ0v) is 40.8. The Morgan fingerprint density at radius 1 is 0.590 bits per heavy atom. The molecule has 0 spiro atoms. The number of methoxy groups -OCH3 is 1. The van der Waals surface area contributed by atoms with E-state index in [1.54, 1.807) is 0 Å². The van der Waals surface area contributed by atoms with Crippen LogP contribution in [0.25, 0.3) is 34.8 Å². The van der Waals surface area contributed by atoms with Crippen molar-refractivity contribution in [1.82, 2.24) is 0 Å². The van der Waals surface area contributed by atoms with Crippen molar-refractivity contribution in [2.24, 2.45) is 0 Å². The Kier molecular flexibility index (Phi) is 17.8. The lowest BCUT2D eigenvalue weighted by molar-refractivity contribution is -0.358. The number of ether oxygens (including phenoxy) is 9. The Labute approximate surface area is 440 Å². The number of fused-ring (bicyclic) bond motifs is 1. The van der Waals surface area contributed by atoms with Gasteiger partial charge in [-0.25, -0.2) is 4.79 Å². The van der Waals surface area contributed by atoms with E-state index < -0.39 is 135 Å². The summed E-state index contributed by atoms with van der Waals surface area (Å²) in [5, 5.41) is 138. The van der Waals surface area contributed by atoms with Crippen LogP contribution in [0.1, 0.15) is 11.1 Å². The molecule has 4 heterocycles. The van der Waals surface area contributed by atoms with Gasteiger partial charge >= 0.3 is 11.9 Å². The summed E-state index contributed by atoms with van der Waals surface area (Å²) < 4.78 is 57.5. The largest absolute Gasteiger partial charge is 0.510 e. The molecule has 0 amide bonds. The van der Waals surface area contributed by atoms with Gasteiger partial charge in [0.1, 0.15) is 84.9 Å². The maximum absolute atomic E-state index is 13.2. The number of phenols is 4. The summed E-state index contributed by atoms with van der Waals surface area (Å²) in [6, 6.07) is 16.6. The molecule has 26 nitrogen and oxygen atoms in total. The zero-order chi connectivity index (χ0) is 56.1. The lowest BCUT2D eigenvalue weighted by Gasteiger charge is -2.46. The van der Waals surface area contributed by atoms with Crippen molar-refractivity contribution in [1.29, 1.82) is 0 Å². The predicted molar refractivity (Wildman–Crippen MR) is 262 cm³/mol. The van der Waals surface area contributed by atoms with Crippen molar-refractivity contribution in [2.75, 3.05) is 26.9 Å².